The van der Waals surface area contributed by atoms with Crippen molar-refractivity contribution in [3.8, 4) is 0 Å². The number of carbonyl (C=O) groups is 6. The van der Waals surface area contributed by atoms with E-state index in [1.54, 1.807) is 18.7 Å². The van der Waals surface area contributed by atoms with Gasteiger partial charge in [-0.1, -0.05) is 88.0 Å². The number of ketones is 2. The molecule has 1 heterocycles. The number of carbonyl (C=O) groups excluding carboxylic acids is 6. The van der Waals surface area contributed by atoms with Gasteiger partial charge in [-0.3, -0.25) is 24.0 Å². The van der Waals surface area contributed by atoms with Crippen LogP contribution in [0.3, 0.4) is 0 Å². The number of nitrogens with two attached hydrogens (primary N) is 1. The van der Waals surface area contributed by atoms with Crippen LogP contribution in [0.4, 0.5) is 4.79 Å². The first kappa shape index (κ1) is 42.4. The molecule has 2 aliphatic carbocycles. The number of hydrogen-bond acceptors (Lipinski definition) is 7. The molecule has 2 saturated carbocycles. The van der Waals surface area contributed by atoms with Crippen molar-refractivity contribution in [1.29, 1.82) is 0 Å². The van der Waals surface area contributed by atoms with Gasteiger partial charge in [-0.05, 0) is 73.0 Å². The van der Waals surface area contributed by atoms with Crippen LogP contribution in [0.2, 0.25) is 0 Å². The Balaban J connectivity index is 1.90. The Kier molecular flexibility index (Phi) is 12.9. The average molecular weight is 717 g/mol. The molecule has 0 aromatic rings. The molecule has 0 spiro atoms. The minimum absolute atomic E-state index is 0.00814. The maximum Gasteiger partial charge on any atom is 0.315 e. The Morgan fingerprint density at radius 3 is 1.86 bits per heavy atom. The maximum absolute atomic E-state index is 14.7. The summed E-state index contributed by atoms with van der Waals surface area (Å²) in [5.74, 6) is -2.13. The highest BCUT2D eigenvalue weighted by atomic mass is 16.2. The van der Waals surface area contributed by atoms with Crippen LogP contribution in [-0.4, -0.2) is 83.0 Å². The van der Waals surface area contributed by atoms with E-state index in [-0.39, 0.29) is 41.0 Å². The van der Waals surface area contributed by atoms with Crippen LogP contribution in [0.15, 0.2) is 0 Å². The molecule has 51 heavy (non-hydrogen) atoms. The summed E-state index contributed by atoms with van der Waals surface area (Å²) >= 11 is 0. The smallest absolute Gasteiger partial charge is 0.315 e. The van der Waals surface area contributed by atoms with E-state index in [9.17, 15) is 28.8 Å². The third-order valence-corrected chi connectivity index (χ3v) is 12.5. The summed E-state index contributed by atoms with van der Waals surface area (Å²) in [6.07, 6.45) is 7.07. The normalized spacial score (nSPS) is 22.8. The van der Waals surface area contributed by atoms with Crippen molar-refractivity contribution in [3.63, 3.8) is 0 Å². The Bertz CT molecular complexity index is 1330. The van der Waals surface area contributed by atoms with Crippen molar-refractivity contribution >= 4 is 35.3 Å². The largest absolute Gasteiger partial charge is 0.352 e. The zero-order valence-electron chi connectivity index (χ0n) is 33.5. The Labute approximate surface area is 306 Å². The monoisotopic (exact) mass is 717 g/mol. The SMILES string of the molecule is CC(=O)C(=O)C(CC1CCC1)NC(=O)[C@@H]1CC(C(C)(C)C2(C)CCC2)CN1C(=O)[C@@H](NC(=O)N[C@H](CNC(=O)C(C)(C)N)C(C)(C)C)C(C)(C)C. The lowest BCUT2D eigenvalue weighted by Crippen LogP contribution is -2.62. The molecule has 3 fully saturated rings. The first-order valence-corrected chi connectivity index (χ1v) is 19.0. The van der Waals surface area contributed by atoms with Gasteiger partial charge in [0.05, 0.1) is 17.6 Å². The van der Waals surface area contributed by atoms with Gasteiger partial charge >= 0.3 is 6.03 Å². The van der Waals surface area contributed by atoms with Gasteiger partial charge in [-0.25, -0.2) is 4.79 Å². The van der Waals surface area contributed by atoms with Crippen molar-refractivity contribution in [2.24, 2.45) is 39.2 Å². The maximum atomic E-state index is 14.7. The number of hydrogen-bond donors (Lipinski definition) is 5. The van der Waals surface area contributed by atoms with Crippen LogP contribution in [0.1, 0.15) is 134 Å². The highest BCUT2D eigenvalue weighted by molar-refractivity contribution is 6.38. The molecule has 0 bridgehead atoms. The van der Waals surface area contributed by atoms with Gasteiger partial charge in [0.1, 0.15) is 12.1 Å². The minimum Gasteiger partial charge on any atom is -0.352 e. The number of rotatable bonds is 14. The Hall–Kier alpha value is -3.02. The van der Waals surface area contributed by atoms with Gasteiger partial charge in [0, 0.05) is 20.0 Å². The fourth-order valence-electron chi connectivity index (χ4n) is 7.64. The lowest BCUT2D eigenvalue weighted by Gasteiger charge is -2.54. The average Bonchev–Trinajstić information content (AvgIpc) is 3.42. The lowest BCUT2D eigenvalue weighted by molar-refractivity contribution is -0.143. The predicted molar refractivity (Wildman–Crippen MR) is 198 cm³/mol. The third kappa shape index (κ3) is 10.1. The molecule has 12 heteroatoms. The number of amides is 5. The Morgan fingerprint density at radius 2 is 1.43 bits per heavy atom. The summed E-state index contributed by atoms with van der Waals surface area (Å²) in [5, 5.41) is 11.6. The van der Waals surface area contributed by atoms with Crippen LogP contribution in [0.25, 0.3) is 0 Å². The molecule has 290 valence electrons. The molecule has 2 unspecified atom stereocenters. The molecule has 3 aliphatic rings. The molecule has 0 aromatic carbocycles. The lowest BCUT2D eigenvalue weighted by atomic mass is 9.51. The second-order valence-electron chi connectivity index (χ2n) is 19.4. The molecular weight excluding hydrogens is 648 g/mol. The summed E-state index contributed by atoms with van der Waals surface area (Å²) in [7, 11) is 0. The number of urea groups is 1. The highest BCUT2D eigenvalue weighted by Crippen LogP contribution is 2.59. The quantitative estimate of drug-likeness (QED) is 0.167. The van der Waals surface area contributed by atoms with Crippen molar-refractivity contribution in [3.05, 3.63) is 0 Å². The van der Waals surface area contributed by atoms with E-state index < -0.39 is 64.0 Å². The topological polar surface area (TPSA) is 180 Å². The van der Waals surface area contributed by atoms with Gasteiger partial charge in [0.25, 0.3) is 0 Å². The number of nitrogens with one attached hydrogen (secondary N) is 4. The zero-order valence-corrected chi connectivity index (χ0v) is 33.5. The zero-order chi connectivity index (χ0) is 38.9. The fourth-order valence-corrected chi connectivity index (χ4v) is 7.64. The molecule has 12 nitrogen and oxygen atoms in total. The number of nitrogens with zero attached hydrogens (tertiary/aromatic N) is 1. The molecule has 0 radical (unpaired) electrons. The first-order valence-electron chi connectivity index (χ1n) is 19.0. The molecule has 1 aliphatic heterocycles. The second kappa shape index (κ2) is 15.5. The van der Waals surface area contributed by atoms with Crippen molar-refractivity contribution in [1.82, 2.24) is 26.2 Å². The molecule has 0 aromatic heterocycles. The van der Waals surface area contributed by atoms with E-state index in [0.29, 0.717) is 19.4 Å². The fraction of sp³-hybridized carbons (Fsp3) is 0.846. The van der Waals surface area contributed by atoms with Gasteiger partial charge in [0.2, 0.25) is 23.5 Å². The van der Waals surface area contributed by atoms with Crippen molar-refractivity contribution < 1.29 is 28.8 Å². The standard InChI is InChI=1S/C39H68N6O6/c1-23(46)29(47)26(19-24-15-13-16-24)42-31(48)27-20-25(37(8,9)39(12)17-14-18-39)22-45(27)32(49)30(36(5,6)7)44-34(51)43-28(35(2,3)4)21-41-33(50)38(10,11)40/h24-28,30H,13-22,40H2,1-12H3,(H,41,50)(H,42,48)(H2,43,44,51)/t25?,26?,27-,28+,30+/m0/s1. The molecule has 5 atom stereocenters. The minimum atomic E-state index is -1.09. The second-order valence-corrected chi connectivity index (χ2v) is 19.4. The first-order chi connectivity index (χ1) is 23.2. The summed E-state index contributed by atoms with van der Waals surface area (Å²) in [4.78, 5) is 82.0. The van der Waals surface area contributed by atoms with Crippen LogP contribution in [-0.2, 0) is 24.0 Å². The van der Waals surface area contributed by atoms with E-state index in [2.05, 4.69) is 42.0 Å². The molecule has 5 amide bonds. The Morgan fingerprint density at radius 1 is 0.843 bits per heavy atom. The van der Waals surface area contributed by atoms with Gasteiger partial charge in [-0.15, -0.1) is 0 Å². The van der Waals surface area contributed by atoms with E-state index in [1.807, 2.05) is 41.5 Å². The van der Waals surface area contributed by atoms with Crippen molar-refractivity contribution in [2.75, 3.05) is 13.1 Å². The predicted octanol–water partition coefficient (Wildman–Crippen LogP) is 4.24. The van der Waals surface area contributed by atoms with E-state index in [4.69, 9.17) is 5.73 Å². The summed E-state index contributed by atoms with van der Waals surface area (Å²) in [6, 6.07) is -3.88. The third-order valence-electron chi connectivity index (χ3n) is 12.5. The van der Waals surface area contributed by atoms with E-state index in [1.165, 1.54) is 6.92 Å². The molecular formula is C39H68N6O6. The van der Waals surface area contributed by atoms with Gasteiger partial charge in [-0.2, -0.15) is 0 Å². The van der Waals surface area contributed by atoms with Gasteiger partial charge in [0.15, 0.2) is 5.78 Å². The van der Waals surface area contributed by atoms with Crippen LogP contribution in [0.5, 0.6) is 0 Å². The number of likely N-dealkylation sites (tertiary alicyclic amines) is 1. The van der Waals surface area contributed by atoms with E-state index in [0.717, 1.165) is 38.5 Å². The molecule has 1 saturated heterocycles. The van der Waals surface area contributed by atoms with Crippen LogP contribution in [0, 0.1) is 33.5 Å². The highest BCUT2D eigenvalue weighted by Gasteiger charge is 2.55. The summed E-state index contributed by atoms with van der Waals surface area (Å²) in [6.45, 7) is 23.0. The number of Topliss-reactive ketones (excluding diaryl/α,β-unsaturated/α-hetero) is 2. The van der Waals surface area contributed by atoms with Crippen molar-refractivity contribution in [2.45, 2.75) is 164 Å². The molecule has 3 rings (SSSR count). The van der Waals surface area contributed by atoms with Gasteiger partial charge < -0.3 is 31.9 Å². The summed E-state index contributed by atoms with van der Waals surface area (Å²) < 4.78 is 0. The molecule has 6 N–H and O–H groups in total. The summed E-state index contributed by atoms with van der Waals surface area (Å²) in [5.41, 5.74) is 3.54. The van der Waals surface area contributed by atoms with Crippen LogP contribution >= 0.6 is 0 Å². The van der Waals surface area contributed by atoms with Crippen LogP contribution < -0.4 is 27.0 Å². The van der Waals surface area contributed by atoms with E-state index >= 15 is 0 Å².